The molecule has 2 heterocycles. The Labute approximate surface area is 153 Å². The van der Waals surface area contributed by atoms with E-state index in [0.29, 0.717) is 18.6 Å². The maximum Gasteiger partial charge on any atom is 0.316 e. The first-order chi connectivity index (χ1) is 12.0. The molecule has 0 N–H and O–H groups in total. The molecule has 0 bridgehead atoms. The fourth-order valence-electron chi connectivity index (χ4n) is 1.24. The largest absolute Gasteiger partial charge is 0.464 e. The highest BCUT2D eigenvalue weighted by Crippen LogP contribution is 2.03. The predicted molar refractivity (Wildman–Crippen MR) is 103 cm³/mol. The normalized spacial score (nSPS) is 8.72. The van der Waals surface area contributed by atoms with Gasteiger partial charge in [0.25, 0.3) is 0 Å². The molecule has 0 spiro atoms. The molecule has 0 amide bonds. The van der Waals surface area contributed by atoms with Crippen LogP contribution >= 0.6 is 0 Å². The summed E-state index contributed by atoms with van der Waals surface area (Å²) in [5.41, 5.74) is 2.09. The summed E-state index contributed by atoms with van der Waals surface area (Å²) in [6, 6.07) is 0.902. The van der Waals surface area contributed by atoms with Gasteiger partial charge in [0.15, 0.2) is 0 Å². The van der Waals surface area contributed by atoms with Crippen LogP contribution in [0.15, 0.2) is 24.8 Å². The van der Waals surface area contributed by atoms with Gasteiger partial charge in [0, 0.05) is 24.8 Å². The van der Waals surface area contributed by atoms with Crippen molar-refractivity contribution in [3.05, 3.63) is 35.9 Å². The lowest BCUT2D eigenvalue weighted by Crippen LogP contribution is -2.08. The summed E-state index contributed by atoms with van der Waals surface area (Å²) >= 11 is 0. The smallest absolute Gasteiger partial charge is 0.316 e. The van der Waals surface area contributed by atoms with Gasteiger partial charge in [-0.1, -0.05) is 27.7 Å². The minimum atomic E-state index is 0.137. The predicted octanol–water partition coefficient (Wildman–Crippen LogP) is 4.81. The average molecular weight is 351 g/mol. The van der Waals surface area contributed by atoms with Crippen LogP contribution in [0.4, 0.5) is 0 Å². The fraction of sp³-hybridized carbons (Fsp3) is 0.579. The number of hydrogen-bond acceptors (Lipinski definition) is 6. The van der Waals surface area contributed by atoms with E-state index in [0.717, 1.165) is 11.1 Å². The third-order valence-corrected chi connectivity index (χ3v) is 2.13. The molecule has 0 aliphatic carbocycles. The van der Waals surface area contributed by atoms with Crippen LogP contribution in [0.5, 0.6) is 12.0 Å². The second-order valence-corrected chi connectivity index (χ2v) is 4.69. The second-order valence-electron chi connectivity index (χ2n) is 4.69. The van der Waals surface area contributed by atoms with Crippen molar-refractivity contribution < 1.29 is 9.47 Å². The van der Waals surface area contributed by atoms with Gasteiger partial charge in [-0.2, -0.15) is 0 Å². The van der Waals surface area contributed by atoms with Gasteiger partial charge in [-0.3, -0.25) is 0 Å². The van der Waals surface area contributed by atoms with E-state index in [1.807, 2.05) is 62.3 Å². The van der Waals surface area contributed by atoms with E-state index in [2.05, 4.69) is 19.9 Å². The van der Waals surface area contributed by atoms with E-state index in [9.17, 15) is 0 Å². The van der Waals surface area contributed by atoms with E-state index >= 15 is 0 Å². The molecule has 2 aromatic heterocycles. The van der Waals surface area contributed by atoms with Gasteiger partial charge in [0.05, 0.1) is 12.7 Å². The molecule has 0 aliphatic heterocycles. The van der Waals surface area contributed by atoms with Crippen molar-refractivity contribution in [2.24, 2.45) is 0 Å². The van der Waals surface area contributed by atoms with Crippen molar-refractivity contribution in [2.45, 2.75) is 68.4 Å². The molecular formula is C19H34N4O2. The van der Waals surface area contributed by atoms with Crippen LogP contribution < -0.4 is 9.47 Å². The summed E-state index contributed by atoms with van der Waals surface area (Å²) in [5, 5.41) is 0. The van der Waals surface area contributed by atoms with Crippen molar-refractivity contribution in [1.29, 1.82) is 0 Å². The summed E-state index contributed by atoms with van der Waals surface area (Å²) in [7, 11) is 0. The molecule has 6 heteroatoms. The average Bonchev–Trinajstić information content (AvgIpc) is 2.63. The monoisotopic (exact) mass is 350 g/mol. The molecule has 0 radical (unpaired) electrons. The number of nitrogens with zero attached hydrogens (tertiary/aromatic N) is 4. The lowest BCUT2D eigenvalue weighted by Gasteiger charge is -2.05. The summed E-state index contributed by atoms with van der Waals surface area (Å²) in [6.45, 7) is 18.3. The zero-order chi connectivity index (χ0) is 19.7. The summed E-state index contributed by atoms with van der Waals surface area (Å²) in [5.74, 6) is 0. The molecule has 0 saturated heterocycles. The van der Waals surface area contributed by atoms with Crippen molar-refractivity contribution in [3.63, 3.8) is 0 Å². The summed E-state index contributed by atoms with van der Waals surface area (Å²) in [4.78, 5) is 15.8. The van der Waals surface area contributed by atoms with E-state index in [1.165, 1.54) is 0 Å². The van der Waals surface area contributed by atoms with Gasteiger partial charge >= 0.3 is 12.0 Å². The Hall–Kier alpha value is -2.24. The molecule has 25 heavy (non-hydrogen) atoms. The molecule has 2 rings (SSSR count). The first-order valence-electron chi connectivity index (χ1n) is 8.88. The molecule has 0 aliphatic rings. The van der Waals surface area contributed by atoms with E-state index in [-0.39, 0.29) is 6.10 Å². The van der Waals surface area contributed by atoms with Crippen molar-refractivity contribution in [3.8, 4) is 12.0 Å². The topological polar surface area (TPSA) is 70.0 Å². The first-order valence-corrected chi connectivity index (χ1v) is 8.88. The van der Waals surface area contributed by atoms with Crippen LogP contribution in [-0.4, -0.2) is 32.6 Å². The SMILES string of the molecule is CC.CC.CCOc1ncc(C)cn1.Cc1cnc(OC(C)C)nc1. The third kappa shape index (κ3) is 13.9. The molecule has 0 fully saturated rings. The highest BCUT2D eigenvalue weighted by Gasteiger charge is 1.98. The van der Waals surface area contributed by atoms with Gasteiger partial charge in [-0.25, -0.2) is 19.9 Å². The van der Waals surface area contributed by atoms with Crippen LogP contribution in [0.2, 0.25) is 0 Å². The van der Waals surface area contributed by atoms with Crippen LogP contribution in [-0.2, 0) is 0 Å². The summed E-state index contributed by atoms with van der Waals surface area (Å²) in [6.07, 6.45) is 7.09. The minimum absolute atomic E-state index is 0.137. The van der Waals surface area contributed by atoms with Crippen LogP contribution in [0.1, 0.15) is 59.6 Å². The molecule has 0 atom stereocenters. The Morgan fingerprint density at radius 2 is 1.12 bits per heavy atom. The molecule has 6 nitrogen and oxygen atoms in total. The molecular weight excluding hydrogens is 316 g/mol. The first kappa shape index (κ1) is 25.0. The molecule has 2 aromatic rings. The molecule has 0 unspecified atom stereocenters. The quantitative estimate of drug-likeness (QED) is 0.788. The van der Waals surface area contributed by atoms with Crippen molar-refractivity contribution >= 4 is 0 Å². The Morgan fingerprint density at radius 1 is 0.760 bits per heavy atom. The van der Waals surface area contributed by atoms with Gasteiger partial charge in [0.1, 0.15) is 0 Å². The maximum absolute atomic E-state index is 5.25. The van der Waals surface area contributed by atoms with Gasteiger partial charge in [-0.05, 0) is 45.7 Å². The van der Waals surface area contributed by atoms with Gasteiger partial charge < -0.3 is 9.47 Å². The highest BCUT2D eigenvalue weighted by molar-refractivity contribution is 5.05. The van der Waals surface area contributed by atoms with Crippen LogP contribution in [0.25, 0.3) is 0 Å². The van der Waals surface area contributed by atoms with E-state index in [4.69, 9.17) is 9.47 Å². The van der Waals surface area contributed by atoms with Crippen LogP contribution in [0.3, 0.4) is 0 Å². The van der Waals surface area contributed by atoms with Crippen LogP contribution in [0, 0.1) is 13.8 Å². The number of rotatable bonds is 4. The fourth-order valence-corrected chi connectivity index (χ4v) is 1.24. The number of aromatic nitrogens is 4. The number of aryl methyl sites for hydroxylation is 2. The van der Waals surface area contributed by atoms with Crippen molar-refractivity contribution in [1.82, 2.24) is 19.9 Å². The summed E-state index contributed by atoms with van der Waals surface area (Å²) < 4.78 is 10.3. The Bertz CT molecular complexity index is 514. The highest BCUT2D eigenvalue weighted by atomic mass is 16.5. The number of hydrogen-bond donors (Lipinski definition) is 0. The Kier molecular flexibility index (Phi) is 16.6. The zero-order valence-corrected chi connectivity index (χ0v) is 17.2. The molecule has 0 saturated carbocycles. The Balaban J connectivity index is 0. The molecule has 0 aromatic carbocycles. The number of ether oxygens (including phenoxy) is 2. The zero-order valence-electron chi connectivity index (χ0n) is 17.2. The molecule has 142 valence electrons. The van der Waals surface area contributed by atoms with E-state index in [1.54, 1.807) is 24.8 Å². The standard InChI is InChI=1S/C8H12N2O.C7H10N2O.2C2H6/c1-6(2)11-8-9-4-7(3)5-10-8;1-3-10-7-8-4-6(2)5-9-7;2*1-2/h4-6H,1-3H3;4-5H,3H2,1-2H3;2*1-2H3. The lowest BCUT2D eigenvalue weighted by molar-refractivity contribution is 0.222. The second kappa shape index (κ2) is 16.6. The maximum atomic E-state index is 5.25. The minimum Gasteiger partial charge on any atom is -0.464 e. The Morgan fingerprint density at radius 3 is 1.44 bits per heavy atom. The van der Waals surface area contributed by atoms with Gasteiger partial charge in [0.2, 0.25) is 0 Å². The third-order valence-electron chi connectivity index (χ3n) is 2.13. The van der Waals surface area contributed by atoms with Crippen molar-refractivity contribution in [2.75, 3.05) is 6.61 Å². The van der Waals surface area contributed by atoms with E-state index < -0.39 is 0 Å². The van der Waals surface area contributed by atoms with Gasteiger partial charge in [-0.15, -0.1) is 0 Å². The lowest BCUT2D eigenvalue weighted by atomic mass is 10.4.